The van der Waals surface area contributed by atoms with Crippen LogP contribution in [0.4, 0.5) is 14.5 Å². The number of amides is 2. The zero-order valence-corrected chi connectivity index (χ0v) is 15.1. The highest BCUT2D eigenvalue weighted by Gasteiger charge is 2.59. The first-order chi connectivity index (χ1) is 12.2. The predicted octanol–water partition coefficient (Wildman–Crippen LogP) is 1.72. The summed E-state index contributed by atoms with van der Waals surface area (Å²) in [7, 11) is -3.17. The van der Waals surface area contributed by atoms with Crippen LogP contribution in [0.3, 0.4) is 0 Å². The van der Waals surface area contributed by atoms with Crippen molar-refractivity contribution < 1.29 is 26.8 Å². The Morgan fingerprint density at radius 3 is 2.50 bits per heavy atom. The monoisotopic (exact) mass is 386 g/mol. The van der Waals surface area contributed by atoms with Crippen LogP contribution >= 0.6 is 0 Å². The molecule has 1 saturated carbocycles. The lowest BCUT2D eigenvalue weighted by atomic mass is 10.0. The van der Waals surface area contributed by atoms with Crippen LogP contribution in [-0.2, 0) is 19.4 Å². The summed E-state index contributed by atoms with van der Waals surface area (Å²) in [6.07, 6.45) is 0.985. The van der Waals surface area contributed by atoms with Gasteiger partial charge >= 0.3 is 0 Å². The first kappa shape index (κ1) is 18.8. The average Bonchev–Trinajstić information content (AvgIpc) is 3.30. The highest BCUT2D eigenvalue weighted by Crippen LogP contribution is 2.49. The van der Waals surface area contributed by atoms with Gasteiger partial charge in [-0.1, -0.05) is 0 Å². The molecule has 1 saturated heterocycles. The number of hydrogen-bond acceptors (Lipinski definition) is 4. The minimum absolute atomic E-state index is 0.0292. The third kappa shape index (κ3) is 3.44. The van der Waals surface area contributed by atoms with Crippen LogP contribution < -0.4 is 5.32 Å². The molecule has 2 aliphatic rings. The van der Waals surface area contributed by atoms with Gasteiger partial charge < -0.3 is 10.2 Å². The molecule has 2 amide bonds. The van der Waals surface area contributed by atoms with E-state index in [0.29, 0.717) is 31.9 Å². The van der Waals surface area contributed by atoms with Gasteiger partial charge in [0, 0.05) is 18.7 Å². The van der Waals surface area contributed by atoms with E-state index in [-0.39, 0.29) is 17.2 Å². The van der Waals surface area contributed by atoms with Crippen molar-refractivity contribution in [3.8, 4) is 0 Å². The van der Waals surface area contributed by atoms with Crippen LogP contribution in [0.5, 0.6) is 0 Å². The maximum atomic E-state index is 13.8. The molecule has 0 radical (unpaired) electrons. The summed E-state index contributed by atoms with van der Waals surface area (Å²) in [6.45, 7) is 2.02. The Kier molecular flexibility index (Phi) is 4.76. The lowest BCUT2D eigenvalue weighted by Gasteiger charge is -2.30. The number of nitrogens with one attached hydrogen (secondary N) is 1. The van der Waals surface area contributed by atoms with Gasteiger partial charge in [0.15, 0.2) is 9.84 Å². The number of nitrogens with zero attached hydrogens (tertiary/aromatic N) is 1. The van der Waals surface area contributed by atoms with E-state index >= 15 is 0 Å². The zero-order valence-electron chi connectivity index (χ0n) is 14.3. The van der Waals surface area contributed by atoms with E-state index in [9.17, 15) is 26.8 Å². The molecule has 3 rings (SSSR count). The molecule has 6 nitrogen and oxygen atoms in total. The number of halogens is 2. The van der Waals surface area contributed by atoms with E-state index in [1.54, 1.807) is 6.92 Å². The lowest BCUT2D eigenvalue weighted by molar-refractivity contribution is -0.143. The molecule has 1 aromatic rings. The fourth-order valence-corrected chi connectivity index (χ4v) is 5.09. The highest BCUT2D eigenvalue weighted by molar-refractivity contribution is 7.91. The summed E-state index contributed by atoms with van der Waals surface area (Å²) < 4.78 is 50.1. The SMILES string of the molecule is CCN(C(=O)C1(C(=O)Nc2ccc(F)cc2F)CC1)C1CCS(=O)(=O)C1. The summed E-state index contributed by atoms with van der Waals surface area (Å²) in [5, 5.41) is 2.36. The number of sulfone groups is 1. The molecular weight excluding hydrogens is 366 g/mol. The fourth-order valence-electron chi connectivity index (χ4n) is 3.36. The zero-order chi connectivity index (χ0) is 19.1. The number of carbonyl (C=O) groups is 2. The second-order valence-corrected chi connectivity index (χ2v) is 9.04. The van der Waals surface area contributed by atoms with Crippen LogP contribution in [0.2, 0.25) is 0 Å². The molecule has 1 unspecified atom stereocenters. The van der Waals surface area contributed by atoms with Crippen molar-refractivity contribution in [3.05, 3.63) is 29.8 Å². The Hall–Kier alpha value is -2.03. The van der Waals surface area contributed by atoms with Gasteiger partial charge in [-0.2, -0.15) is 0 Å². The quantitative estimate of drug-likeness (QED) is 0.781. The molecule has 2 fully saturated rings. The van der Waals surface area contributed by atoms with E-state index in [2.05, 4.69) is 5.32 Å². The molecule has 1 heterocycles. The number of hydrogen-bond donors (Lipinski definition) is 1. The van der Waals surface area contributed by atoms with E-state index in [1.165, 1.54) is 4.90 Å². The van der Waals surface area contributed by atoms with Crippen molar-refractivity contribution in [2.24, 2.45) is 5.41 Å². The maximum absolute atomic E-state index is 13.8. The molecule has 9 heteroatoms. The van der Waals surface area contributed by atoms with Crippen LogP contribution in [0, 0.1) is 17.0 Å². The summed E-state index contributed by atoms with van der Waals surface area (Å²) in [6, 6.07) is 2.33. The molecule has 1 aliphatic carbocycles. The molecule has 1 atom stereocenters. The van der Waals surface area contributed by atoms with E-state index in [1.807, 2.05) is 0 Å². The molecule has 1 N–H and O–H groups in total. The lowest BCUT2D eigenvalue weighted by Crippen LogP contribution is -2.48. The normalized spacial score (nSPS) is 22.7. The number of benzene rings is 1. The Labute approximate surface area is 150 Å². The second-order valence-electron chi connectivity index (χ2n) is 6.81. The highest BCUT2D eigenvalue weighted by atomic mass is 32.2. The molecule has 0 spiro atoms. The maximum Gasteiger partial charge on any atom is 0.240 e. The average molecular weight is 386 g/mol. The van der Waals surface area contributed by atoms with Crippen molar-refractivity contribution in [3.63, 3.8) is 0 Å². The Morgan fingerprint density at radius 2 is 2.00 bits per heavy atom. The van der Waals surface area contributed by atoms with E-state index in [4.69, 9.17) is 0 Å². The van der Waals surface area contributed by atoms with Gasteiger partial charge in [-0.25, -0.2) is 17.2 Å². The minimum Gasteiger partial charge on any atom is -0.338 e. The van der Waals surface area contributed by atoms with Crippen LogP contribution in [0.25, 0.3) is 0 Å². The molecule has 1 aliphatic heterocycles. The Morgan fingerprint density at radius 1 is 1.31 bits per heavy atom. The third-order valence-electron chi connectivity index (χ3n) is 5.02. The third-order valence-corrected chi connectivity index (χ3v) is 6.77. The molecular formula is C17H20F2N2O4S. The Balaban J connectivity index is 1.76. The summed E-state index contributed by atoms with van der Waals surface area (Å²) >= 11 is 0. The first-order valence-electron chi connectivity index (χ1n) is 8.46. The van der Waals surface area contributed by atoms with Crippen molar-refractivity contribution in [2.75, 3.05) is 23.4 Å². The number of anilines is 1. The van der Waals surface area contributed by atoms with Gasteiger partial charge in [-0.15, -0.1) is 0 Å². The molecule has 1 aromatic carbocycles. The molecule has 0 bridgehead atoms. The van der Waals surface area contributed by atoms with Crippen molar-refractivity contribution in [1.82, 2.24) is 4.90 Å². The first-order valence-corrected chi connectivity index (χ1v) is 10.3. The Bertz CT molecular complexity index is 852. The van der Waals surface area contributed by atoms with Crippen LogP contribution in [0.1, 0.15) is 26.2 Å². The number of rotatable bonds is 5. The smallest absolute Gasteiger partial charge is 0.240 e. The second kappa shape index (κ2) is 6.61. The van der Waals surface area contributed by atoms with Crippen LogP contribution in [0.15, 0.2) is 18.2 Å². The summed E-state index contributed by atoms with van der Waals surface area (Å²) in [5.74, 6) is -2.83. The van der Waals surface area contributed by atoms with Crippen molar-refractivity contribution in [1.29, 1.82) is 0 Å². The predicted molar refractivity (Wildman–Crippen MR) is 91.1 cm³/mol. The van der Waals surface area contributed by atoms with Crippen molar-refractivity contribution >= 4 is 27.3 Å². The van der Waals surface area contributed by atoms with Gasteiger partial charge in [0.1, 0.15) is 17.0 Å². The van der Waals surface area contributed by atoms with Gasteiger partial charge in [0.25, 0.3) is 0 Å². The van der Waals surface area contributed by atoms with Gasteiger partial charge in [-0.3, -0.25) is 9.59 Å². The minimum atomic E-state index is -3.17. The summed E-state index contributed by atoms with van der Waals surface area (Å²) in [4.78, 5) is 27.0. The molecule has 26 heavy (non-hydrogen) atoms. The van der Waals surface area contributed by atoms with Gasteiger partial charge in [-0.05, 0) is 38.3 Å². The van der Waals surface area contributed by atoms with Gasteiger partial charge in [0.05, 0.1) is 17.2 Å². The standard InChI is InChI=1S/C17H20F2N2O4S/c1-2-21(12-5-8-26(24,25)10-12)16(23)17(6-7-17)15(22)20-14-4-3-11(18)9-13(14)19/h3-4,9,12H,2,5-8,10H2,1H3,(H,20,22). The topological polar surface area (TPSA) is 83.6 Å². The van der Waals surface area contributed by atoms with Crippen molar-refractivity contribution in [2.45, 2.75) is 32.2 Å². The van der Waals surface area contributed by atoms with E-state index in [0.717, 1.165) is 12.1 Å². The van der Waals surface area contributed by atoms with E-state index < -0.39 is 44.7 Å². The fraction of sp³-hybridized carbons (Fsp3) is 0.529. The molecule has 142 valence electrons. The van der Waals surface area contributed by atoms with Crippen LogP contribution in [-0.4, -0.2) is 49.2 Å². The van der Waals surface area contributed by atoms with Gasteiger partial charge in [0.2, 0.25) is 11.8 Å². The summed E-state index contributed by atoms with van der Waals surface area (Å²) in [5.41, 5.74) is -1.50. The largest absolute Gasteiger partial charge is 0.338 e. The molecule has 0 aromatic heterocycles. The number of carbonyl (C=O) groups excluding carboxylic acids is 2.